The lowest BCUT2D eigenvalue weighted by molar-refractivity contribution is -0.266. The number of alkyl halides is 3. The number of nitrogens with zero attached hydrogens (tertiary/aromatic N) is 1. The molecule has 1 atom stereocenters. The van der Waals surface area contributed by atoms with Crippen molar-refractivity contribution < 1.29 is 32.1 Å². The van der Waals surface area contributed by atoms with Crippen molar-refractivity contribution in [2.75, 3.05) is 14.2 Å². The standard InChI is InChI=1S/C22H24F4N2O3/c1-20(2,16-9-14(23)5-6-18(16)30-3)12-21(29,22(24,25)26)10-15-7-13-8-19(31-4)27-11-17(13)28-15/h5-9,11,28-29H,10,12H2,1-4H3. The van der Waals surface area contributed by atoms with E-state index in [-0.39, 0.29) is 17.0 Å². The maximum absolute atomic E-state index is 14.1. The number of fused-ring (bicyclic) bond motifs is 1. The van der Waals surface area contributed by atoms with Crippen molar-refractivity contribution in [1.29, 1.82) is 0 Å². The van der Waals surface area contributed by atoms with Crippen LogP contribution in [0.2, 0.25) is 0 Å². The number of aromatic nitrogens is 2. The molecule has 0 fully saturated rings. The molecule has 2 heterocycles. The first-order chi connectivity index (χ1) is 14.4. The molecule has 0 bridgehead atoms. The number of methoxy groups -OCH3 is 2. The zero-order valence-corrected chi connectivity index (χ0v) is 17.6. The van der Waals surface area contributed by atoms with Crippen LogP contribution in [0.15, 0.2) is 36.5 Å². The number of aromatic amines is 1. The maximum Gasteiger partial charge on any atom is 0.417 e. The fourth-order valence-corrected chi connectivity index (χ4v) is 3.89. The summed E-state index contributed by atoms with van der Waals surface area (Å²) in [6, 6.07) is 6.77. The van der Waals surface area contributed by atoms with E-state index in [1.807, 2.05) is 0 Å². The Bertz CT molecular complexity index is 1080. The lowest BCUT2D eigenvalue weighted by Gasteiger charge is -2.38. The Morgan fingerprint density at radius 3 is 2.39 bits per heavy atom. The van der Waals surface area contributed by atoms with Crippen molar-refractivity contribution in [3.8, 4) is 11.6 Å². The van der Waals surface area contributed by atoms with E-state index < -0.39 is 35.9 Å². The monoisotopic (exact) mass is 440 g/mol. The van der Waals surface area contributed by atoms with Crippen LogP contribution < -0.4 is 9.47 Å². The highest BCUT2D eigenvalue weighted by atomic mass is 19.4. The molecule has 9 heteroatoms. The van der Waals surface area contributed by atoms with Crippen LogP contribution in [0.25, 0.3) is 10.9 Å². The molecule has 2 aromatic heterocycles. The van der Waals surface area contributed by atoms with Gasteiger partial charge in [0.05, 0.1) is 25.9 Å². The number of pyridine rings is 1. The topological polar surface area (TPSA) is 67.4 Å². The minimum atomic E-state index is -4.93. The highest BCUT2D eigenvalue weighted by molar-refractivity contribution is 5.80. The first-order valence-electron chi connectivity index (χ1n) is 9.53. The van der Waals surface area contributed by atoms with Crippen molar-refractivity contribution in [3.05, 3.63) is 53.6 Å². The second kappa shape index (κ2) is 8.03. The third-order valence-corrected chi connectivity index (χ3v) is 5.38. The molecule has 1 aromatic carbocycles. The van der Waals surface area contributed by atoms with E-state index in [9.17, 15) is 22.7 Å². The van der Waals surface area contributed by atoms with Crippen LogP contribution >= 0.6 is 0 Å². The molecular weight excluding hydrogens is 416 g/mol. The largest absolute Gasteiger partial charge is 0.496 e. The molecule has 0 aliphatic heterocycles. The summed E-state index contributed by atoms with van der Waals surface area (Å²) in [7, 11) is 2.79. The number of rotatable bonds is 7. The highest BCUT2D eigenvalue weighted by Crippen LogP contribution is 2.45. The number of H-pyrrole nitrogens is 1. The van der Waals surface area contributed by atoms with E-state index >= 15 is 0 Å². The number of ether oxygens (including phenoxy) is 2. The second-order valence-electron chi connectivity index (χ2n) is 8.22. The fourth-order valence-electron chi connectivity index (χ4n) is 3.89. The van der Waals surface area contributed by atoms with E-state index in [0.29, 0.717) is 16.8 Å². The zero-order chi connectivity index (χ0) is 23.0. The summed E-state index contributed by atoms with van der Waals surface area (Å²) in [5.74, 6) is -0.0281. The molecule has 0 saturated heterocycles. The average molecular weight is 440 g/mol. The van der Waals surface area contributed by atoms with Gasteiger partial charge in [-0.2, -0.15) is 13.2 Å². The van der Waals surface area contributed by atoms with Gasteiger partial charge in [-0.15, -0.1) is 0 Å². The van der Waals surface area contributed by atoms with Gasteiger partial charge in [-0.1, -0.05) is 13.8 Å². The summed E-state index contributed by atoms with van der Waals surface area (Å²) >= 11 is 0. The summed E-state index contributed by atoms with van der Waals surface area (Å²) in [4.78, 5) is 6.89. The number of halogens is 4. The molecule has 168 valence electrons. The molecule has 0 aliphatic rings. The SMILES string of the molecule is COc1cc2cc(CC(O)(CC(C)(C)c3cc(F)ccc3OC)C(F)(F)F)[nH]c2cn1. The molecule has 0 radical (unpaired) electrons. The fraction of sp³-hybridized carbons (Fsp3) is 0.409. The maximum atomic E-state index is 14.1. The summed E-state index contributed by atoms with van der Waals surface area (Å²) in [6.07, 6.45) is -4.90. The average Bonchev–Trinajstić information content (AvgIpc) is 3.07. The second-order valence-corrected chi connectivity index (χ2v) is 8.22. The third-order valence-electron chi connectivity index (χ3n) is 5.38. The van der Waals surface area contributed by atoms with Gasteiger partial charge in [0.1, 0.15) is 11.6 Å². The number of hydrogen-bond acceptors (Lipinski definition) is 4. The molecule has 0 saturated carbocycles. The van der Waals surface area contributed by atoms with Crippen molar-refractivity contribution >= 4 is 10.9 Å². The van der Waals surface area contributed by atoms with Gasteiger partial charge in [-0.3, -0.25) is 0 Å². The number of benzene rings is 1. The summed E-state index contributed by atoms with van der Waals surface area (Å²) in [6.45, 7) is 3.03. The Morgan fingerprint density at radius 1 is 1.06 bits per heavy atom. The Labute approximate surface area is 177 Å². The van der Waals surface area contributed by atoms with Crippen molar-refractivity contribution in [3.63, 3.8) is 0 Å². The first kappa shape index (κ1) is 22.9. The van der Waals surface area contributed by atoms with Crippen molar-refractivity contribution in [2.24, 2.45) is 0 Å². The van der Waals surface area contributed by atoms with E-state index in [0.717, 1.165) is 6.07 Å². The van der Waals surface area contributed by atoms with Crippen LogP contribution in [0.4, 0.5) is 17.6 Å². The molecule has 5 nitrogen and oxygen atoms in total. The Morgan fingerprint density at radius 2 is 1.77 bits per heavy atom. The first-order valence-corrected chi connectivity index (χ1v) is 9.53. The van der Waals surface area contributed by atoms with Gasteiger partial charge in [0.25, 0.3) is 0 Å². The molecule has 0 amide bonds. The number of nitrogens with one attached hydrogen (secondary N) is 1. The smallest absolute Gasteiger partial charge is 0.417 e. The van der Waals surface area contributed by atoms with Gasteiger partial charge >= 0.3 is 6.18 Å². The van der Waals surface area contributed by atoms with E-state index in [4.69, 9.17) is 9.47 Å². The number of aliphatic hydroxyl groups is 1. The predicted octanol–water partition coefficient (Wildman–Crippen LogP) is 4.92. The molecule has 2 N–H and O–H groups in total. The zero-order valence-electron chi connectivity index (χ0n) is 17.6. The number of hydrogen-bond donors (Lipinski definition) is 2. The summed E-state index contributed by atoms with van der Waals surface area (Å²) < 4.78 is 66.3. The Hall–Kier alpha value is -2.81. The van der Waals surface area contributed by atoms with Gasteiger partial charge < -0.3 is 19.6 Å². The van der Waals surface area contributed by atoms with Gasteiger partial charge in [-0.25, -0.2) is 9.37 Å². The predicted molar refractivity (Wildman–Crippen MR) is 108 cm³/mol. The summed E-state index contributed by atoms with van der Waals surface area (Å²) in [5.41, 5.74) is -3.39. The van der Waals surface area contributed by atoms with Crippen LogP contribution in [0.3, 0.4) is 0 Å². The van der Waals surface area contributed by atoms with Crippen LogP contribution in [0.5, 0.6) is 11.6 Å². The van der Waals surface area contributed by atoms with Crippen LogP contribution in [-0.2, 0) is 11.8 Å². The quantitative estimate of drug-likeness (QED) is 0.512. The van der Waals surface area contributed by atoms with Crippen LogP contribution in [0.1, 0.15) is 31.5 Å². The lowest BCUT2D eigenvalue weighted by Crippen LogP contribution is -2.51. The molecule has 3 rings (SSSR count). The summed E-state index contributed by atoms with van der Waals surface area (Å²) in [5, 5.41) is 11.4. The highest BCUT2D eigenvalue weighted by Gasteiger charge is 2.56. The van der Waals surface area contributed by atoms with Gasteiger partial charge in [0.15, 0.2) is 5.60 Å². The normalized spacial score (nSPS) is 14.5. The molecule has 0 aliphatic carbocycles. The van der Waals surface area contributed by atoms with E-state index in [1.54, 1.807) is 6.07 Å². The molecular formula is C22H24F4N2O3. The molecule has 31 heavy (non-hydrogen) atoms. The van der Waals surface area contributed by atoms with Crippen LogP contribution in [0, 0.1) is 5.82 Å². The minimum Gasteiger partial charge on any atom is -0.496 e. The Kier molecular flexibility index (Phi) is 5.92. The van der Waals surface area contributed by atoms with Crippen molar-refractivity contribution in [1.82, 2.24) is 9.97 Å². The van der Waals surface area contributed by atoms with E-state index in [2.05, 4.69) is 9.97 Å². The molecule has 3 aromatic rings. The van der Waals surface area contributed by atoms with Gasteiger partial charge in [-0.05, 0) is 36.1 Å². The van der Waals surface area contributed by atoms with Crippen LogP contribution in [-0.4, -0.2) is 41.1 Å². The van der Waals surface area contributed by atoms with Gasteiger partial charge in [0.2, 0.25) is 5.88 Å². The lowest BCUT2D eigenvalue weighted by atomic mass is 9.73. The van der Waals surface area contributed by atoms with E-state index in [1.165, 1.54) is 52.5 Å². The van der Waals surface area contributed by atoms with Gasteiger partial charge in [0, 0.05) is 29.1 Å². The Balaban J connectivity index is 1.98. The molecule has 0 spiro atoms. The third kappa shape index (κ3) is 4.61. The minimum absolute atomic E-state index is 0.187. The molecule has 1 unspecified atom stereocenters. The van der Waals surface area contributed by atoms with Crippen molar-refractivity contribution in [2.45, 2.75) is 43.9 Å².